The van der Waals surface area contributed by atoms with E-state index in [0.717, 1.165) is 36.3 Å². The first kappa shape index (κ1) is 19.5. The summed E-state index contributed by atoms with van der Waals surface area (Å²) >= 11 is 0. The lowest BCUT2D eigenvalue weighted by Crippen LogP contribution is -2.35. The van der Waals surface area contributed by atoms with Gasteiger partial charge in [0, 0.05) is 43.4 Å². The SMILES string of the molecule is CC(F)(F)CCC(=O)N1CC=C(c2cc(NC(=O)C3CC3)nc3[nH]ccc23)CC1. The Morgan fingerprint density at radius 2 is 2.17 bits per heavy atom. The fraction of sp³-hybridized carbons (Fsp3) is 0.476. The molecule has 0 aromatic carbocycles. The first-order valence-corrected chi connectivity index (χ1v) is 9.94. The van der Waals surface area contributed by atoms with E-state index >= 15 is 0 Å². The minimum Gasteiger partial charge on any atom is -0.346 e. The molecule has 1 aliphatic heterocycles. The molecule has 0 spiro atoms. The molecule has 2 aromatic rings. The second-order valence-electron chi connectivity index (χ2n) is 7.95. The molecule has 2 N–H and O–H groups in total. The topological polar surface area (TPSA) is 78.1 Å². The molecule has 0 saturated heterocycles. The number of halogens is 2. The van der Waals surface area contributed by atoms with E-state index < -0.39 is 12.3 Å². The van der Waals surface area contributed by atoms with Gasteiger partial charge in [0.05, 0.1) is 0 Å². The van der Waals surface area contributed by atoms with E-state index in [1.54, 1.807) is 11.1 Å². The highest BCUT2D eigenvalue weighted by Crippen LogP contribution is 2.33. The van der Waals surface area contributed by atoms with Gasteiger partial charge in [-0.05, 0) is 49.5 Å². The highest BCUT2D eigenvalue weighted by atomic mass is 19.3. The highest BCUT2D eigenvalue weighted by Gasteiger charge is 2.30. The summed E-state index contributed by atoms with van der Waals surface area (Å²) in [5.74, 6) is -2.48. The molecule has 154 valence electrons. The van der Waals surface area contributed by atoms with Crippen molar-refractivity contribution in [2.45, 2.75) is 45.0 Å². The Bertz CT molecular complexity index is 973. The molecule has 1 saturated carbocycles. The second-order valence-corrected chi connectivity index (χ2v) is 7.95. The van der Waals surface area contributed by atoms with Crippen molar-refractivity contribution in [1.29, 1.82) is 0 Å². The van der Waals surface area contributed by atoms with Crippen LogP contribution in [0.2, 0.25) is 0 Å². The molecule has 2 amide bonds. The molecule has 3 heterocycles. The zero-order chi connectivity index (χ0) is 20.6. The number of H-pyrrole nitrogens is 1. The van der Waals surface area contributed by atoms with E-state index in [4.69, 9.17) is 0 Å². The third-order valence-electron chi connectivity index (χ3n) is 5.41. The van der Waals surface area contributed by atoms with E-state index in [0.29, 0.717) is 31.0 Å². The van der Waals surface area contributed by atoms with Crippen molar-refractivity contribution in [2.75, 3.05) is 18.4 Å². The van der Waals surface area contributed by atoms with Gasteiger partial charge in [-0.2, -0.15) is 0 Å². The lowest BCUT2D eigenvalue weighted by Gasteiger charge is -2.27. The number of rotatable bonds is 6. The molecular formula is C21H24F2N4O2. The summed E-state index contributed by atoms with van der Waals surface area (Å²) in [4.78, 5) is 33.5. The maximum Gasteiger partial charge on any atom is 0.245 e. The second kappa shape index (κ2) is 7.57. The van der Waals surface area contributed by atoms with Gasteiger partial charge in [0.25, 0.3) is 0 Å². The van der Waals surface area contributed by atoms with Gasteiger partial charge in [0.15, 0.2) is 0 Å². The van der Waals surface area contributed by atoms with Crippen molar-refractivity contribution in [1.82, 2.24) is 14.9 Å². The number of carbonyl (C=O) groups excluding carboxylic acids is 2. The van der Waals surface area contributed by atoms with E-state index in [9.17, 15) is 18.4 Å². The Balaban J connectivity index is 1.50. The van der Waals surface area contributed by atoms with Crippen LogP contribution in [0.1, 0.15) is 44.6 Å². The summed E-state index contributed by atoms with van der Waals surface area (Å²) < 4.78 is 26.0. The normalized spacial score (nSPS) is 17.3. The Hall–Kier alpha value is -2.77. The summed E-state index contributed by atoms with van der Waals surface area (Å²) in [5.41, 5.74) is 2.72. The number of aromatic nitrogens is 2. The largest absolute Gasteiger partial charge is 0.346 e. The van der Waals surface area contributed by atoms with Gasteiger partial charge in [-0.15, -0.1) is 0 Å². The number of pyridine rings is 1. The number of nitrogens with zero attached hydrogens (tertiary/aromatic N) is 2. The summed E-state index contributed by atoms with van der Waals surface area (Å²) in [7, 11) is 0. The molecule has 29 heavy (non-hydrogen) atoms. The van der Waals surface area contributed by atoms with Crippen LogP contribution in [-0.2, 0) is 9.59 Å². The number of fused-ring (bicyclic) bond motifs is 1. The van der Waals surface area contributed by atoms with Crippen molar-refractivity contribution < 1.29 is 18.4 Å². The quantitative estimate of drug-likeness (QED) is 0.768. The molecule has 1 fully saturated rings. The Morgan fingerprint density at radius 3 is 2.83 bits per heavy atom. The van der Waals surface area contributed by atoms with Crippen LogP contribution in [0.3, 0.4) is 0 Å². The number of alkyl halides is 2. The van der Waals surface area contributed by atoms with Gasteiger partial charge in [-0.25, -0.2) is 13.8 Å². The number of hydrogen-bond donors (Lipinski definition) is 2. The Labute approximate surface area is 167 Å². The summed E-state index contributed by atoms with van der Waals surface area (Å²) in [5, 5.41) is 3.84. The molecule has 0 radical (unpaired) electrons. The average molecular weight is 402 g/mol. The molecule has 2 aliphatic rings. The van der Waals surface area contributed by atoms with Crippen LogP contribution in [0.5, 0.6) is 0 Å². The smallest absolute Gasteiger partial charge is 0.245 e. The molecule has 0 unspecified atom stereocenters. The Morgan fingerprint density at radius 1 is 1.38 bits per heavy atom. The van der Waals surface area contributed by atoms with E-state index in [1.807, 2.05) is 18.2 Å². The predicted molar refractivity (Wildman–Crippen MR) is 106 cm³/mol. The van der Waals surface area contributed by atoms with E-state index in [-0.39, 0.29) is 24.2 Å². The van der Waals surface area contributed by atoms with Crippen LogP contribution in [0.15, 0.2) is 24.4 Å². The molecule has 1 aliphatic carbocycles. The molecule has 4 rings (SSSR count). The minimum atomic E-state index is -2.83. The number of amides is 2. The Kier molecular flexibility index (Phi) is 5.10. The molecule has 0 bridgehead atoms. The number of nitrogens with one attached hydrogen (secondary N) is 2. The van der Waals surface area contributed by atoms with Gasteiger partial charge >= 0.3 is 0 Å². The maximum absolute atomic E-state index is 13.0. The van der Waals surface area contributed by atoms with Gasteiger partial charge in [-0.1, -0.05) is 6.08 Å². The summed E-state index contributed by atoms with van der Waals surface area (Å²) in [6.07, 6.45) is 5.63. The van der Waals surface area contributed by atoms with E-state index in [2.05, 4.69) is 15.3 Å². The highest BCUT2D eigenvalue weighted by molar-refractivity contribution is 5.97. The van der Waals surface area contributed by atoms with Crippen LogP contribution in [0.4, 0.5) is 14.6 Å². The van der Waals surface area contributed by atoms with E-state index in [1.165, 1.54) is 0 Å². The number of hydrogen-bond acceptors (Lipinski definition) is 3. The predicted octanol–water partition coefficient (Wildman–Crippen LogP) is 3.96. The molecule has 0 atom stereocenters. The maximum atomic E-state index is 13.0. The van der Waals surface area contributed by atoms with Gasteiger partial charge < -0.3 is 15.2 Å². The van der Waals surface area contributed by atoms with Crippen molar-refractivity contribution in [3.8, 4) is 0 Å². The zero-order valence-electron chi connectivity index (χ0n) is 16.3. The zero-order valence-corrected chi connectivity index (χ0v) is 16.3. The van der Waals surface area contributed by atoms with Crippen LogP contribution in [0.25, 0.3) is 16.6 Å². The molecule has 6 nitrogen and oxygen atoms in total. The minimum absolute atomic E-state index is 0.00326. The standard InChI is InChI=1S/C21H24F2N4O2/c1-21(22,23)8-4-18(28)27-10-6-13(7-11-27)16-12-17(26-20(29)14-2-3-14)25-19-15(16)5-9-24-19/h5-6,9,12,14H,2-4,7-8,10-11H2,1H3,(H2,24,25,26,29). The number of carbonyl (C=O) groups is 2. The van der Waals surface area contributed by atoms with Gasteiger partial charge in [-0.3, -0.25) is 9.59 Å². The van der Waals surface area contributed by atoms with Crippen molar-refractivity contribution >= 4 is 34.2 Å². The van der Waals surface area contributed by atoms with Crippen LogP contribution in [-0.4, -0.2) is 45.7 Å². The number of anilines is 1. The van der Waals surface area contributed by atoms with Crippen LogP contribution in [0, 0.1) is 5.92 Å². The van der Waals surface area contributed by atoms with Crippen molar-refractivity contribution in [3.63, 3.8) is 0 Å². The summed E-state index contributed by atoms with van der Waals surface area (Å²) in [6, 6.07) is 3.81. The third-order valence-corrected chi connectivity index (χ3v) is 5.41. The fourth-order valence-corrected chi connectivity index (χ4v) is 3.57. The van der Waals surface area contributed by atoms with Crippen molar-refractivity contribution in [2.24, 2.45) is 5.92 Å². The van der Waals surface area contributed by atoms with Gasteiger partial charge in [0.2, 0.25) is 17.7 Å². The average Bonchev–Trinajstić information content (AvgIpc) is 3.43. The molecule has 2 aromatic heterocycles. The summed E-state index contributed by atoms with van der Waals surface area (Å²) in [6.45, 7) is 1.71. The van der Waals surface area contributed by atoms with Crippen molar-refractivity contribution in [3.05, 3.63) is 30.0 Å². The van der Waals surface area contributed by atoms with Crippen LogP contribution < -0.4 is 5.32 Å². The third kappa shape index (κ3) is 4.63. The number of aromatic amines is 1. The fourth-order valence-electron chi connectivity index (χ4n) is 3.57. The monoisotopic (exact) mass is 402 g/mol. The van der Waals surface area contributed by atoms with Gasteiger partial charge in [0.1, 0.15) is 11.5 Å². The van der Waals surface area contributed by atoms with Crippen LogP contribution >= 0.6 is 0 Å². The molecule has 8 heteroatoms. The first-order valence-electron chi connectivity index (χ1n) is 9.94. The first-order chi connectivity index (χ1) is 13.8. The lowest BCUT2D eigenvalue weighted by atomic mass is 9.97. The lowest BCUT2D eigenvalue weighted by molar-refractivity contribution is -0.132. The molecular weight excluding hydrogens is 378 g/mol.